The van der Waals surface area contributed by atoms with Crippen molar-refractivity contribution in [3.63, 3.8) is 0 Å². The van der Waals surface area contributed by atoms with Crippen LogP contribution < -0.4 is 10.2 Å². The average Bonchev–Trinajstić information content (AvgIpc) is 3.07. The van der Waals surface area contributed by atoms with Crippen LogP contribution in [0.25, 0.3) is 0 Å². The van der Waals surface area contributed by atoms with Crippen LogP contribution in [-0.2, 0) is 6.54 Å². The maximum Gasteiger partial charge on any atom is 0.0795 e. The molecule has 1 aromatic carbocycles. The van der Waals surface area contributed by atoms with Gasteiger partial charge in [0.15, 0.2) is 0 Å². The van der Waals surface area contributed by atoms with E-state index in [1.165, 1.54) is 5.69 Å². The lowest BCUT2D eigenvalue weighted by Gasteiger charge is -2.34. The van der Waals surface area contributed by atoms with Crippen LogP contribution in [0.4, 0.5) is 11.4 Å². The first-order valence-corrected chi connectivity index (χ1v) is 8.84. The topological polar surface area (TPSA) is 48.4 Å². The predicted octanol–water partition coefficient (Wildman–Crippen LogP) is 3.62. The largest absolute Gasteiger partial charge is 0.396 e. The maximum absolute atomic E-state index is 9.27. The molecule has 0 radical (unpaired) electrons. The molecule has 0 bridgehead atoms. The second-order valence-corrected chi connectivity index (χ2v) is 6.76. The summed E-state index contributed by atoms with van der Waals surface area (Å²) < 4.78 is 0. The summed E-state index contributed by atoms with van der Waals surface area (Å²) in [6.45, 7) is 2.93. The van der Waals surface area contributed by atoms with E-state index in [9.17, 15) is 5.11 Å². The normalized spacial score (nSPS) is 16.0. The second kappa shape index (κ2) is 7.31. The zero-order chi connectivity index (χ0) is 15.4. The standard InChI is InChI=1S/C16H20ClN3OS/c17-13-1-2-16(20-5-3-12(9-21)4-6-20)15(7-13)18-8-14-10-22-11-19-14/h1-2,7,10-12,18,21H,3-6,8-9H2. The number of rotatable bonds is 5. The first-order valence-electron chi connectivity index (χ1n) is 7.52. The SMILES string of the molecule is OCC1CCN(c2ccc(Cl)cc2NCc2cscn2)CC1. The van der Waals surface area contributed by atoms with Gasteiger partial charge in [-0.2, -0.15) is 0 Å². The molecule has 0 aliphatic carbocycles. The number of aliphatic hydroxyl groups excluding tert-OH is 1. The Bertz CT molecular complexity index is 597. The number of aliphatic hydroxyl groups is 1. The summed E-state index contributed by atoms with van der Waals surface area (Å²) >= 11 is 7.76. The van der Waals surface area contributed by atoms with Crippen molar-refractivity contribution in [1.29, 1.82) is 0 Å². The summed E-state index contributed by atoms with van der Waals surface area (Å²) in [5.41, 5.74) is 5.10. The molecule has 0 atom stereocenters. The Hall–Kier alpha value is -1.30. The van der Waals surface area contributed by atoms with Gasteiger partial charge >= 0.3 is 0 Å². The van der Waals surface area contributed by atoms with Crippen LogP contribution in [0.1, 0.15) is 18.5 Å². The number of thiazole rings is 1. The number of halogens is 1. The van der Waals surface area contributed by atoms with Gasteiger partial charge in [0.2, 0.25) is 0 Å². The van der Waals surface area contributed by atoms with Crippen LogP contribution in [-0.4, -0.2) is 29.8 Å². The van der Waals surface area contributed by atoms with E-state index in [2.05, 4.69) is 21.3 Å². The zero-order valence-corrected chi connectivity index (χ0v) is 13.9. The molecule has 1 aliphatic heterocycles. The molecule has 22 heavy (non-hydrogen) atoms. The highest BCUT2D eigenvalue weighted by Crippen LogP contribution is 2.32. The number of nitrogens with one attached hydrogen (secondary N) is 1. The van der Waals surface area contributed by atoms with Gasteiger partial charge in [-0.25, -0.2) is 4.98 Å². The van der Waals surface area contributed by atoms with Gasteiger partial charge in [0.1, 0.15) is 0 Å². The Morgan fingerprint density at radius 1 is 1.36 bits per heavy atom. The second-order valence-electron chi connectivity index (χ2n) is 5.61. The van der Waals surface area contributed by atoms with Gasteiger partial charge < -0.3 is 15.3 Å². The number of hydrogen-bond donors (Lipinski definition) is 2. The van der Waals surface area contributed by atoms with Crippen LogP contribution in [0.5, 0.6) is 0 Å². The lowest BCUT2D eigenvalue weighted by molar-refractivity contribution is 0.203. The highest BCUT2D eigenvalue weighted by Gasteiger charge is 2.20. The summed E-state index contributed by atoms with van der Waals surface area (Å²) in [7, 11) is 0. The summed E-state index contributed by atoms with van der Waals surface area (Å²) in [6.07, 6.45) is 2.06. The average molecular weight is 338 g/mol. The smallest absolute Gasteiger partial charge is 0.0795 e. The van der Waals surface area contributed by atoms with Gasteiger partial charge in [0, 0.05) is 30.1 Å². The van der Waals surface area contributed by atoms with Crippen LogP contribution in [0.3, 0.4) is 0 Å². The monoisotopic (exact) mass is 337 g/mol. The van der Waals surface area contributed by atoms with E-state index in [1.54, 1.807) is 11.3 Å². The molecule has 0 amide bonds. The van der Waals surface area contributed by atoms with Crippen molar-refractivity contribution in [2.24, 2.45) is 5.92 Å². The van der Waals surface area contributed by atoms with Crippen molar-refractivity contribution in [1.82, 2.24) is 4.98 Å². The molecule has 0 spiro atoms. The molecular formula is C16H20ClN3OS. The molecule has 0 saturated carbocycles. The summed E-state index contributed by atoms with van der Waals surface area (Å²) in [5.74, 6) is 0.440. The van der Waals surface area contributed by atoms with Crippen molar-refractivity contribution in [3.8, 4) is 0 Å². The number of aromatic nitrogens is 1. The number of hydrogen-bond acceptors (Lipinski definition) is 5. The van der Waals surface area contributed by atoms with Crippen LogP contribution in [0.15, 0.2) is 29.1 Å². The molecule has 2 N–H and O–H groups in total. The van der Waals surface area contributed by atoms with E-state index in [1.807, 2.05) is 23.0 Å². The Kier molecular flexibility index (Phi) is 5.18. The number of anilines is 2. The van der Waals surface area contributed by atoms with Gasteiger partial charge in [-0.15, -0.1) is 11.3 Å². The fraction of sp³-hybridized carbons (Fsp3) is 0.438. The molecule has 3 rings (SSSR count). The molecule has 1 fully saturated rings. The van der Waals surface area contributed by atoms with E-state index < -0.39 is 0 Å². The van der Waals surface area contributed by atoms with E-state index in [4.69, 9.17) is 11.6 Å². The van der Waals surface area contributed by atoms with E-state index >= 15 is 0 Å². The number of piperidine rings is 1. The van der Waals surface area contributed by atoms with Gasteiger partial charge in [-0.1, -0.05) is 11.6 Å². The molecule has 1 saturated heterocycles. The van der Waals surface area contributed by atoms with Crippen molar-refractivity contribution < 1.29 is 5.11 Å². The highest BCUT2D eigenvalue weighted by atomic mass is 35.5. The Labute approximate surface area is 139 Å². The third-order valence-corrected chi connectivity index (χ3v) is 4.99. The molecule has 1 aromatic heterocycles. The Balaban J connectivity index is 1.73. The summed E-state index contributed by atoms with van der Waals surface area (Å²) in [5, 5.41) is 15.5. The molecule has 4 nitrogen and oxygen atoms in total. The molecule has 6 heteroatoms. The quantitative estimate of drug-likeness (QED) is 0.875. The van der Waals surface area contributed by atoms with Gasteiger partial charge in [-0.05, 0) is 37.0 Å². The van der Waals surface area contributed by atoms with Gasteiger partial charge in [-0.3, -0.25) is 0 Å². The first kappa shape index (κ1) is 15.6. The van der Waals surface area contributed by atoms with Crippen LogP contribution in [0.2, 0.25) is 5.02 Å². The van der Waals surface area contributed by atoms with Crippen molar-refractivity contribution in [2.75, 3.05) is 29.9 Å². The third kappa shape index (κ3) is 3.72. The lowest BCUT2D eigenvalue weighted by Crippen LogP contribution is -2.35. The lowest BCUT2D eigenvalue weighted by atomic mass is 9.97. The minimum absolute atomic E-state index is 0.295. The Morgan fingerprint density at radius 2 is 2.18 bits per heavy atom. The van der Waals surface area contributed by atoms with E-state index in [-0.39, 0.29) is 0 Å². The van der Waals surface area contributed by atoms with Crippen molar-refractivity contribution in [3.05, 3.63) is 39.8 Å². The molecule has 1 aliphatic rings. The van der Waals surface area contributed by atoms with Crippen LogP contribution in [0, 0.1) is 5.92 Å². The Morgan fingerprint density at radius 3 is 2.86 bits per heavy atom. The highest BCUT2D eigenvalue weighted by molar-refractivity contribution is 7.07. The fourth-order valence-electron chi connectivity index (χ4n) is 2.79. The summed E-state index contributed by atoms with van der Waals surface area (Å²) in [4.78, 5) is 6.67. The first-order chi connectivity index (χ1) is 10.8. The van der Waals surface area contributed by atoms with Gasteiger partial charge in [0.05, 0.1) is 29.1 Å². The summed E-state index contributed by atoms with van der Waals surface area (Å²) in [6, 6.07) is 5.98. The number of nitrogens with zero attached hydrogens (tertiary/aromatic N) is 2. The van der Waals surface area contributed by atoms with E-state index in [0.29, 0.717) is 19.1 Å². The predicted molar refractivity (Wildman–Crippen MR) is 92.9 cm³/mol. The number of benzene rings is 1. The van der Waals surface area contributed by atoms with E-state index in [0.717, 1.165) is 42.3 Å². The molecular weight excluding hydrogens is 318 g/mol. The molecule has 118 valence electrons. The minimum atomic E-state index is 0.295. The molecule has 2 heterocycles. The fourth-order valence-corrected chi connectivity index (χ4v) is 3.52. The maximum atomic E-state index is 9.27. The van der Waals surface area contributed by atoms with Crippen LogP contribution >= 0.6 is 22.9 Å². The van der Waals surface area contributed by atoms with Crippen molar-refractivity contribution in [2.45, 2.75) is 19.4 Å². The van der Waals surface area contributed by atoms with Gasteiger partial charge in [0.25, 0.3) is 0 Å². The zero-order valence-electron chi connectivity index (χ0n) is 12.3. The third-order valence-electron chi connectivity index (χ3n) is 4.12. The molecule has 0 unspecified atom stereocenters. The van der Waals surface area contributed by atoms with Crippen molar-refractivity contribution >= 4 is 34.3 Å². The minimum Gasteiger partial charge on any atom is -0.396 e. The molecule has 2 aromatic rings.